The van der Waals surface area contributed by atoms with E-state index in [1.165, 1.54) is 13.2 Å². The average Bonchev–Trinajstić information content (AvgIpc) is 2.63. The van der Waals surface area contributed by atoms with Gasteiger partial charge >= 0.3 is 0 Å². The van der Waals surface area contributed by atoms with E-state index in [0.29, 0.717) is 23.7 Å². The van der Waals surface area contributed by atoms with Gasteiger partial charge in [-0.05, 0) is 61.3 Å². The summed E-state index contributed by atoms with van der Waals surface area (Å²) in [5.74, 6) is 0.0410. The zero-order valence-electron chi connectivity index (χ0n) is 14.2. The van der Waals surface area contributed by atoms with Gasteiger partial charge in [0.25, 0.3) is 0 Å². The van der Waals surface area contributed by atoms with Gasteiger partial charge in [-0.25, -0.2) is 4.39 Å². The summed E-state index contributed by atoms with van der Waals surface area (Å²) in [6.45, 7) is 2.33. The van der Waals surface area contributed by atoms with E-state index >= 15 is 0 Å². The number of halogens is 2. The summed E-state index contributed by atoms with van der Waals surface area (Å²) in [5, 5.41) is 0.632. The fourth-order valence-corrected chi connectivity index (χ4v) is 3.45. The van der Waals surface area contributed by atoms with Crippen molar-refractivity contribution in [1.29, 1.82) is 0 Å². The second kappa shape index (κ2) is 7.98. The first-order chi connectivity index (χ1) is 12.1. The van der Waals surface area contributed by atoms with Crippen LogP contribution in [0, 0.1) is 11.7 Å². The number of Topliss-reactive ketones (excluding diaryl/α,β-unsaturated/α-hetero) is 1. The second-order valence-corrected chi connectivity index (χ2v) is 6.85. The van der Waals surface area contributed by atoms with Crippen LogP contribution in [-0.4, -0.2) is 30.9 Å². The Labute approximate surface area is 152 Å². The number of nitrogens with zero attached hydrogens (tertiary/aromatic N) is 1. The SMILES string of the molecule is COc1cc(CN2CCC[C@@H](C(=O)c3ccc(Cl)cc3)C2)ccc1F. The fourth-order valence-electron chi connectivity index (χ4n) is 3.32. The lowest BCUT2D eigenvalue weighted by molar-refractivity contribution is 0.0811. The summed E-state index contributed by atoms with van der Waals surface area (Å²) in [7, 11) is 1.46. The number of carbonyl (C=O) groups is 1. The van der Waals surface area contributed by atoms with Crippen molar-refractivity contribution in [3.8, 4) is 5.75 Å². The van der Waals surface area contributed by atoms with Crippen molar-refractivity contribution < 1.29 is 13.9 Å². The van der Waals surface area contributed by atoms with Crippen LogP contribution in [0.4, 0.5) is 4.39 Å². The van der Waals surface area contributed by atoms with Gasteiger partial charge in [0.2, 0.25) is 0 Å². The highest BCUT2D eigenvalue weighted by Crippen LogP contribution is 2.25. The van der Waals surface area contributed by atoms with Gasteiger partial charge in [-0.1, -0.05) is 17.7 Å². The van der Waals surface area contributed by atoms with Gasteiger partial charge in [-0.15, -0.1) is 0 Å². The number of piperidine rings is 1. The largest absolute Gasteiger partial charge is 0.494 e. The number of ketones is 1. The summed E-state index contributed by atoms with van der Waals surface area (Å²) in [6, 6.07) is 12.0. The lowest BCUT2D eigenvalue weighted by Crippen LogP contribution is -2.38. The molecule has 0 aliphatic carbocycles. The third-order valence-electron chi connectivity index (χ3n) is 4.63. The van der Waals surface area contributed by atoms with E-state index in [1.54, 1.807) is 36.4 Å². The number of ether oxygens (including phenoxy) is 1. The molecule has 1 fully saturated rings. The number of hydrogen-bond donors (Lipinski definition) is 0. The van der Waals surface area contributed by atoms with Crippen LogP contribution in [0.5, 0.6) is 5.75 Å². The molecule has 0 unspecified atom stereocenters. The summed E-state index contributed by atoms with van der Waals surface area (Å²) >= 11 is 5.89. The van der Waals surface area contributed by atoms with Crippen LogP contribution >= 0.6 is 11.6 Å². The third kappa shape index (κ3) is 4.39. The molecule has 0 N–H and O–H groups in total. The summed E-state index contributed by atoms with van der Waals surface area (Å²) in [5.41, 5.74) is 1.69. The first kappa shape index (κ1) is 17.9. The van der Waals surface area contributed by atoms with Crippen LogP contribution in [0.1, 0.15) is 28.8 Å². The Morgan fingerprint density at radius 2 is 2.04 bits per heavy atom. The molecule has 3 rings (SSSR count). The molecule has 132 valence electrons. The van der Waals surface area contributed by atoms with Crippen molar-refractivity contribution in [1.82, 2.24) is 4.90 Å². The van der Waals surface area contributed by atoms with Crippen LogP contribution in [0.15, 0.2) is 42.5 Å². The first-order valence-electron chi connectivity index (χ1n) is 8.41. The number of carbonyl (C=O) groups excluding carboxylic acids is 1. The molecule has 2 aromatic carbocycles. The third-order valence-corrected chi connectivity index (χ3v) is 4.88. The van der Waals surface area contributed by atoms with E-state index in [0.717, 1.165) is 24.9 Å². The van der Waals surface area contributed by atoms with Gasteiger partial charge in [-0.2, -0.15) is 0 Å². The zero-order valence-corrected chi connectivity index (χ0v) is 14.9. The van der Waals surface area contributed by atoms with Crippen LogP contribution in [0.25, 0.3) is 0 Å². The molecule has 1 aliphatic heterocycles. The van der Waals surface area contributed by atoms with E-state index < -0.39 is 0 Å². The van der Waals surface area contributed by atoms with Crippen LogP contribution in [0.3, 0.4) is 0 Å². The van der Waals surface area contributed by atoms with Crippen molar-refractivity contribution in [2.75, 3.05) is 20.2 Å². The minimum absolute atomic E-state index is 0.0164. The maximum Gasteiger partial charge on any atom is 0.167 e. The molecular weight excluding hydrogens is 341 g/mol. The molecule has 1 atom stereocenters. The zero-order chi connectivity index (χ0) is 17.8. The van der Waals surface area contributed by atoms with Crippen LogP contribution in [-0.2, 0) is 6.54 Å². The van der Waals surface area contributed by atoms with Gasteiger partial charge in [0.05, 0.1) is 7.11 Å². The van der Waals surface area contributed by atoms with Crippen molar-refractivity contribution in [3.63, 3.8) is 0 Å². The molecule has 1 aliphatic rings. The minimum Gasteiger partial charge on any atom is -0.494 e. The topological polar surface area (TPSA) is 29.5 Å². The Morgan fingerprint density at radius 1 is 1.28 bits per heavy atom. The molecule has 2 aromatic rings. The Kier molecular flexibility index (Phi) is 5.71. The Morgan fingerprint density at radius 3 is 2.76 bits per heavy atom. The molecule has 0 radical (unpaired) electrons. The van der Waals surface area contributed by atoms with Gasteiger partial charge in [0.15, 0.2) is 17.3 Å². The quantitative estimate of drug-likeness (QED) is 0.730. The molecule has 0 amide bonds. The van der Waals surface area contributed by atoms with Gasteiger partial charge < -0.3 is 4.74 Å². The van der Waals surface area contributed by atoms with E-state index in [4.69, 9.17) is 16.3 Å². The predicted molar refractivity (Wildman–Crippen MR) is 96.7 cm³/mol. The maximum atomic E-state index is 13.5. The monoisotopic (exact) mass is 361 g/mol. The van der Waals surface area contributed by atoms with Gasteiger partial charge in [-0.3, -0.25) is 9.69 Å². The summed E-state index contributed by atoms with van der Waals surface area (Å²) in [6.07, 6.45) is 1.87. The Balaban J connectivity index is 1.66. The molecule has 3 nitrogen and oxygen atoms in total. The molecule has 0 saturated carbocycles. The molecule has 5 heteroatoms. The number of benzene rings is 2. The lowest BCUT2D eigenvalue weighted by atomic mass is 9.90. The number of methoxy groups -OCH3 is 1. The van der Waals surface area contributed by atoms with Gasteiger partial charge in [0, 0.05) is 29.6 Å². The molecule has 0 bridgehead atoms. The highest BCUT2D eigenvalue weighted by atomic mass is 35.5. The normalized spacial score (nSPS) is 18.1. The number of likely N-dealkylation sites (tertiary alicyclic amines) is 1. The van der Waals surface area contributed by atoms with E-state index in [1.807, 2.05) is 0 Å². The summed E-state index contributed by atoms with van der Waals surface area (Å²) < 4.78 is 18.6. The maximum absolute atomic E-state index is 13.5. The second-order valence-electron chi connectivity index (χ2n) is 6.41. The van der Waals surface area contributed by atoms with E-state index in [9.17, 15) is 9.18 Å². The lowest BCUT2D eigenvalue weighted by Gasteiger charge is -2.32. The van der Waals surface area contributed by atoms with E-state index in [2.05, 4.69) is 4.90 Å². The molecule has 0 spiro atoms. The van der Waals surface area contributed by atoms with Crippen molar-refractivity contribution in [2.24, 2.45) is 5.92 Å². The molecule has 1 heterocycles. The fraction of sp³-hybridized carbons (Fsp3) is 0.350. The first-order valence-corrected chi connectivity index (χ1v) is 8.79. The Bertz CT molecular complexity index is 748. The van der Waals surface area contributed by atoms with E-state index in [-0.39, 0.29) is 23.3 Å². The standard InChI is InChI=1S/C20H21ClFNO2/c1-25-19-11-14(4-9-18(19)22)12-23-10-2-3-16(13-23)20(24)15-5-7-17(21)8-6-15/h4-9,11,16H,2-3,10,12-13H2,1H3/t16-/m1/s1. The predicted octanol–water partition coefficient (Wildman–Crippen LogP) is 4.58. The number of hydrogen-bond acceptors (Lipinski definition) is 3. The smallest absolute Gasteiger partial charge is 0.167 e. The highest BCUT2D eigenvalue weighted by molar-refractivity contribution is 6.30. The molecule has 0 aromatic heterocycles. The van der Waals surface area contributed by atoms with Crippen LogP contribution < -0.4 is 4.74 Å². The average molecular weight is 362 g/mol. The van der Waals surface area contributed by atoms with Crippen molar-refractivity contribution >= 4 is 17.4 Å². The minimum atomic E-state index is -0.360. The van der Waals surface area contributed by atoms with Crippen molar-refractivity contribution in [2.45, 2.75) is 19.4 Å². The molecule has 25 heavy (non-hydrogen) atoms. The molecular formula is C20H21ClFNO2. The molecule has 1 saturated heterocycles. The summed E-state index contributed by atoms with van der Waals surface area (Å²) in [4.78, 5) is 15.0. The highest BCUT2D eigenvalue weighted by Gasteiger charge is 2.26. The van der Waals surface area contributed by atoms with Crippen LogP contribution in [0.2, 0.25) is 5.02 Å². The van der Waals surface area contributed by atoms with Gasteiger partial charge in [0.1, 0.15) is 0 Å². The number of rotatable bonds is 5. The van der Waals surface area contributed by atoms with Crippen molar-refractivity contribution in [3.05, 3.63) is 64.4 Å². The Hall–Kier alpha value is -1.91.